The fourth-order valence-corrected chi connectivity index (χ4v) is 5.68. The normalized spacial score (nSPS) is 28.3. The first-order valence-electron chi connectivity index (χ1n) is 12.3. The van der Waals surface area contributed by atoms with Crippen LogP contribution < -0.4 is 4.74 Å². The minimum Gasteiger partial charge on any atom is -0.452 e. The summed E-state index contributed by atoms with van der Waals surface area (Å²) in [5.41, 5.74) is 1.07. The molecule has 5 heteroatoms. The molecule has 176 valence electrons. The van der Waals surface area contributed by atoms with Crippen molar-refractivity contribution < 1.29 is 22.3 Å². The Bertz CT molecular complexity index is 626. The summed E-state index contributed by atoms with van der Waals surface area (Å²) in [7, 11) is 0. The Morgan fingerprint density at radius 1 is 0.839 bits per heavy atom. The Labute approximate surface area is 184 Å². The molecule has 0 aliphatic heterocycles. The molecule has 3 rings (SSSR count). The van der Waals surface area contributed by atoms with Crippen molar-refractivity contribution in [3.63, 3.8) is 0 Å². The number of halogens is 4. The quantitative estimate of drug-likeness (QED) is 0.348. The number of hydrogen-bond acceptors (Lipinski definition) is 1. The topological polar surface area (TPSA) is 9.23 Å². The average molecular weight is 443 g/mol. The van der Waals surface area contributed by atoms with Gasteiger partial charge in [-0.15, -0.1) is 0 Å². The number of benzene rings is 1. The molecule has 0 spiro atoms. The van der Waals surface area contributed by atoms with Crippen LogP contribution in [-0.4, -0.2) is 12.5 Å². The van der Waals surface area contributed by atoms with Gasteiger partial charge in [0, 0.05) is 0 Å². The lowest BCUT2D eigenvalue weighted by Gasteiger charge is -2.38. The minimum absolute atomic E-state index is 0.0847. The monoisotopic (exact) mass is 442 g/mol. The van der Waals surface area contributed by atoms with E-state index in [-0.39, 0.29) is 5.75 Å². The van der Waals surface area contributed by atoms with Crippen molar-refractivity contribution in [3.05, 3.63) is 29.8 Å². The summed E-state index contributed by atoms with van der Waals surface area (Å²) in [6.07, 6.45) is 8.97. The second-order valence-electron chi connectivity index (χ2n) is 9.86. The van der Waals surface area contributed by atoms with Gasteiger partial charge in [0.25, 0.3) is 0 Å². The van der Waals surface area contributed by atoms with Crippen molar-refractivity contribution in [2.24, 2.45) is 23.7 Å². The van der Waals surface area contributed by atoms with Crippen molar-refractivity contribution in [2.45, 2.75) is 103 Å². The van der Waals surface area contributed by atoms with Gasteiger partial charge in [0.15, 0.2) is 0 Å². The predicted molar refractivity (Wildman–Crippen MR) is 117 cm³/mol. The molecule has 0 aromatic heterocycles. The summed E-state index contributed by atoms with van der Waals surface area (Å²) < 4.78 is 54.1. The third-order valence-electron chi connectivity index (χ3n) is 7.68. The maximum absolute atomic E-state index is 13.0. The third-order valence-corrected chi connectivity index (χ3v) is 7.68. The molecule has 0 bridgehead atoms. The van der Waals surface area contributed by atoms with Crippen LogP contribution in [0.25, 0.3) is 0 Å². The largest absolute Gasteiger partial charge is 0.457 e. The zero-order valence-corrected chi connectivity index (χ0v) is 18.8. The third kappa shape index (κ3) is 7.68. The molecule has 1 aromatic carbocycles. The molecule has 0 N–H and O–H groups in total. The Morgan fingerprint density at radius 3 is 1.84 bits per heavy atom. The van der Waals surface area contributed by atoms with E-state index in [1.165, 1.54) is 82.8 Å². The van der Waals surface area contributed by atoms with Crippen molar-refractivity contribution in [3.8, 4) is 5.75 Å². The molecule has 1 aromatic rings. The lowest BCUT2D eigenvalue weighted by Crippen LogP contribution is -2.29. The van der Waals surface area contributed by atoms with Crippen molar-refractivity contribution >= 4 is 0 Å². The standard InChI is InChI=1S/C26H38F4O/c1-2-3-4-19-7-13-22(14-8-19)23-15-9-20(10-16-23)5-6-21-11-17-24(18-12-21)31-25(27)26(28,29)30/h11-12,17-20,22-23,25H,2-10,13-16H2,1H3/t19-,20-,22-,23-,25?. The maximum atomic E-state index is 13.0. The Hall–Kier alpha value is -1.26. The second kappa shape index (κ2) is 11.6. The summed E-state index contributed by atoms with van der Waals surface area (Å²) in [5.74, 6) is 3.50. The SMILES string of the molecule is CCCC[C@H]1CC[C@H]([C@H]2CC[C@H](CCc3ccc(OC(F)C(F)(F)F)cc3)CC2)CC1. The molecule has 2 fully saturated rings. The lowest BCUT2D eigenvalue weighted by molar-refractivity contribution is -0.236. The van der Waals surface area contributed by atoms with E-state index in [9.17, 15) is 17.6 Å². The lowest BCUT2D eigenvalue weighted by atomic mass is 9.68. The summed E-state index contributed by atoms with van der Waals surface area (Å²) in [6, 6.07) is 6.37. The van der Waals surface area contributed by atoms with Gasteiger partial charge in [-0.1, -0.05) is 64.0 Å². The van der Waals surface area contributed by atoms with Gasteiger partial charge < -0.3 is 4.74 Å². The molecule has 2 aliphatic rings. The van der Waals surface area contributed by atoms with Crippen LogP contribution in [-0.2, 0) is 6.42 Å². The van der Waals surface area contributed by atoms with Crippen LogP contribution >= 0.6 is 0 Å². The maximum Gasteiger partial charge on any atom is 0.457 e. The number of ether oxygens (including phenoxy) is 1. The van der Waals surface area contributed by atoms with Crippen LogP contribution in [0.1, 0.15) is 89.5 Å². The molecule has 2 saturated carbocycles. The number of unbranched alkanes of at least 4 members (excludes halogenated alkanes) is 1. The minimum atomic E-state index is -4.99. The molecule has 1 nitrogen and oxygen atoms in total. The van der Waals surface area contributed by atoms with E-state index in [1.54, 1.807) is 12.1 Å². The fraction of sp³-hybridized carbons (Fsp3) is 0.769. The van der Waals surface area contributed by atoms with Gasteiger partial charge in [0.1, 0.15) is 5.75 Å². The first kappa shape index (κ1) is 24.4. The van der Waals surface area contributed by atoms with E-state index >= 15 is 0 Å². The van der Waals surface area contributed by atoms with Crippen molar-refractivity contribution in [2.75, 3.05) is 0 Å². The number of aryl methyl sites for hydroxylation is 1. The highest BCUT2D eigenvalue weighted by Gasteiger charge is 2.42. The van der Waals surface area contributed by atoms with Gasteiger partial charge in [-0.3, -0.25) is 0 Å². The van der Waals surface area contributed by atoms with Gasteiger partial charge in [-0.05, 0) is 79.9 Å². The molecule has 0 saturated heterocycles. The molecule has 0 amide bonds. The molecule has 2 aliphatic carbocycles. The van der Waals surface area contributed by atoms with Crippen LogP contribution in [0, 0.1) is 23.7 Å². The van der Waals surface area contributed by atoms with Gasteiger partial charge in [-0.25, -0.2) is 0 Å². The number of hydrogen-bond donors (Lipinski definition) is 0. The second-order valence-corrected chi connectivity index (χ2v) is 9.86. The zero-order valence-electron chi connectivity index (χ0n) is 18.8. The highest BCUT2D eigenvalue weighted by atomic mass is 19.4. The number of alkyl halides is 4. The number of rotatable bonds is 9. The Kier molecular flexibility index (Phi) is 9.09. The molecule has 1 atom stereocenters. The molecule has 0 heterocycles. The van der Waals surface area contributed by atoms with Crippen molar-refractivity contribution in [1.82, 2.24) is 0 Å². The van der Waals surface area contributed by atoms with E-state index in [4.69, 9.17) is 0 Å². The predicted octanol–water partition coefficient (Wildman–Crippen LogP) is 8.66. The molecular weight excluding hydrogens is 404 g/mol. The van der Waals surface area contributed by atoms with E-state index < -0.39 is 12.5 Å². The summed E-state index contributed by atoms with van der Waals surface area (Å²) in [6.45, 7) is 2.28. The molecule has 31 heavy (non-hydrogen) atoms. The first-order valence-corrected chi connectivity index (χ1v) is 12.3. The van der Waals surface area contributed by atoms with Crippen LogP contribution in [0.2, 0.25) is 0 Å². The Balaban J connectivity index is 1.34. The summed E-state index contributed by atoms with van der Waals surface area (Å²) >= 11 is 0. The molecule has 1 unspecified atom stereocenters. The van der Waals surface area contributed by atoms with Gasteiger partial charge >= 0.3 is 12.5 Å². The van der Waals surface area contributed by atoms with Crippen molar-refractivity contribution in [1.29, 1.82) is 0 Å². The summed E-state index contributed by atoms with van der Waals surface area (Å²) in [5, 5.41) is 0. The van der Waals surface area contributed by atoms with Gasteiger partial charge in [-0.2, -0.15) is 17.6 Å². The van der Waals surface area contributed by atoms with E-state index in [0.717, 1.165) is 42.1 Å². The molecule has 0 radical (unpaired) electrons. The van der Waals surface area contributed by atoms with Crippen LogP contribution in [0.15, 0.2) is 24.3 Å². The van der Waals surface area contributed by atoms with Gasteiger partial charge in [0.2, 0.25) is 0 Å². The average Bonchev–Trinajstić information content (AvgIpc) is 2.77. The smallest absolute Gasteiger partial charge is 0.452 e. The highest BCUT2D eigenvalue weighted by Crippen LogP contribution is 2.43. The first-order chi connectivity index (χ1) is 14.8. The van der Waals surface area contributed by atoms with Crippen LogP contribution in [0.5, 0.6) is 5.75 Å². The van der Waals surface area contributed by atoms with Gasteiger partial charge in [0.05, 0.1) is 0 Å². The Morgan fingerprint density at radius 2 is 1.35 bits per heavy atom. The van der Waals surface area contributed by atoms with Crippen LogP contribution in [0.4, 0.5) is 17.6 Å². The molecular formula is C26H38F4O. The highest BCUT2D eigenvalue weighted by molar-refractivity contribution is 5.27. The van der Waals surface area contributed by atoms with E-state index in [2.05, 4.69) is 11.7 Å². The van der Waals surface area contributed by atoms with E-state index in [1.807, 2.05) is 0 Å². The zero-order chi connectivity index (χ0) is 22.3. The van der Waals surface area contributed by atoms with Crippen LogP contribution in [0.3, 0.4) is 0 Å². The fourth-order valence-electron chi connectivity index (χ4n) is 5.68. The summed E-state index contributed by atoms with van der Waals surface area (Å²) in [4.78, 5) is 0. The van der Waals surface area contributed by atoms with E-state index in [0.29, 0.717) is 0 Å².